The Morgan fingerprint density at radius 3 is 2.15 bits per heavy atom. The van der Waals surface area contributed by atoms with E-state index in [1.165, 1.54) is 97.7 Å². The second kappa shape index (κ2) is 49.4. The Morgan fingerprint density at radius 1 is 0.794 bits per heavy atom. The number of aromatic nitrogens is 1. The summed E-state index contributed by atoms with van der Waals surface area (Å²) in [5, 5.41) is 74.9. The number of aliphatic hydroxyl groups excluding tert-OH is 2. The third-order valence-corrected chi connectivity index (χ3v) is 28.1. The number of hydrogen-bond acceptors (Lipinski definition) is 27. The molecule has 13 amide bonds. The van der Waals surface area contributed by atoms with Gasteiger partial charge in [-0.05, 0) is 119 Å². The van der Waals surface area contributed by atoms with Crippen LogP contribution in [0.25, 0.3) is 10.9 Å². The molecule has 0 aliphatic carbocycles. The Labute approximate surface area is 780 Å². The number of aromatic hydroxyl groups is 1. The molecule has 18 N–H and O–H groups in total. The molecule has 42 heteroatoms. The summed E-state index contributed by atoms with van der Waals surface area (Å²) in [6, 6.07) is 10.5. The zero-order valence-corrected chi connectivity index (χ0v) is 78.9. The Bertz CT molecular complexity index is 4910. The number of epoxide rings is 1. The number of nitrogens with two attached hydrogens (primary N) is 1. The van der Waals surface area contributed by atoms with Crippen LogP contribution in [-0.4, -0.2) is 275 Å². The first-order valence-electron chi connectivity index (χ1n) is 43.2. The fraction of sp³-hybridized carbons (Fsp3) is 0.517. The van der Waals surface area contributed by atoms with E-state index in [2.05, 4.69) is 63.5 Å². The van der Waals surface area contributed by atoms with Gasteiger partial charge in [0.05, 0.1) is 25.0 Å². The molecule has 3 fully saturated rings. The van der Waals surface area contributed by atoms with Gasteiger partial charge in [0.2, 0.25) is 64.9 Å². The van der Waals surface area contributed by atoms with Crippen LogP contribution in [0.1, 0.15) is 109 Å². The number of alkyl carbamates (subject to hydrolysis) is 1. The summed E-state index contributed by atoms with van der Waals surface area (Å²) in [6.07, 6.45) is -0.805. The molecule has 3 saturated heterocycles. The number of para-hydroxylation sites is 1. The predicted octanol–water partition coefficient (Wildman–Crippen LogP) is 3.89. The van der Waals surface area contributed by atoms with Crippen molar-refractivity contribution in [3.8, 4) is 11.5 Å². The average molecular weight is 1920 g/mol. The van der Waals surface area contributed by atoms with Crippen LogP contribution in [0.2, 0.25) is 5.02 Å². The number of phenolic OH excluding ortho intramolecular Hbond substituents is 1. The number of benzene rings is 4. The monoisotopic (exact) mass is 1910 g/mol. The molecule has 18 atom stereocenters. The van der Waals surface area contributed by atoms with Crippen LogP contribution in [0, 0.1) is 11.8 Å². The molecule has 4 aliphatic rings. The van der Waals surface area contributed by atoms with E-state index < -0.39 is 191 Å². The number of halogens is 1. The Balaban J connectivity index is 0.890. The minimum Gasteiger partial charge on any atom is -0.508 e. The molecular weight excluding hydrogens is 1790 g/mol. The molecule has 4 aromatic carbocycles. The first-order chi connectivity index (χ1) is 62.4. The first-order valence-corrected chi connectivity index (χ1v) is 48.5. The maximum absolute atomic E-state index is 15.2. The van der Waals surface area contributed by atoms with Crippen molar-refractivity contribution in [1.29, 1.82) is 0 Å². The summed E-state index contributed by atoms with van der Waals surface area (Å²) in [4.78, 5) is 194. The zero-order chi connectivity index (χ0) is 95.6. The van der Waals surface area contributed by atoms with Crippen LogP contribution in [0.3, 0.4) is 0 Å². The average Bonchev–Trinajstić information content (AvgIpc) is 1.56. The standard InChI is InChI=1S/C89H120ClN15O22S4/c1-12-92-86(120)100-63(39-54-22-14-13-15-23-54)79(113)98-65-46-130-131-47-66(99-84(118)75(53(7)107)102-77(111)61(26-18-19-33-91)95-80(114)64(43-57-45-94-60-25-17-16-24-59(57)60)97-78(112)62(96-81(65)115)40-55-28-30-58(108)31-29-55)82(116)101-74(52(6)106)83(117)93-34-36-129-128-35-32-71(109)104(8)51(5)85(119)127-89-49(3)38-72(110)105(9)67-41-56(42-68(123-10)73(67)90)37-48(2)21-20-27-70(124-11)88(122)44-69(125-87(121)103-88)50(4)76(89)126-89/h13-17,20-25,27-31,41-42,45,49-53,61-66,69-70,74-76,94,106-108,122H,12,18-19,26,32-40,43-44,46-47,91H2,1-11H3,(H,93,117)(H,95,114)(H,96,115)(H,97,112)(H,98,113)(H,99,118)(H,101,116)(H,102,111)(H,103,121)(H2,92,100,120)/b27-20+,48-21+/t49-,50+,51-,52+,53+,61-,62-,63+,64+,65-,66-,69-,70+,74-,75-,76-,88-,89+/m0/s1. The zero-order valence-electron chi connectivity index (χ0n) is 74.8. The largest absolute Gasteiger partial charge is 0.508 e. The number of rotatable bonds is 31. The fourth-order valence-electron chi connectivity index (χ4n) is 15.2. The molecule has 714 valence electrons. The van der Waals surface area contributed by atoms with Gasteiger partial charge >= 0.3 is 18.1 Å². The second-order valence-electron chi connectivity index (χ2n) is 32.8. The third kappa shape index (κ3) is 29.1. The number of ether oxygens (including phenoxy) is 5. The van der Waals surface area contributed by atoms with E-state index in [4.69, 9.17) is 41.0 Å². The van der Waals surface area contributed by atoms with Gasteiger partial charge in [-0.1, -0.05) is 153 Å². The number of phenols is 1. The number of amides is 13. The third-order valence-electron chi connectivity index (χ3n) is 22.9. The second-order valence-corrected chi connectivity index (χ2v) is 38.4. The van der Waals surface area contributed by atoms with Gasteiger partial charge in [-0.2, -0.15) is 0 Å². The lowest BCUT2D eigenvalue weighted by molar-refractivity contribution is -0.173. The van der Waals surface area contributed by atoms with Crippen molar-refractivity contribution in [2.75, 3.05) is 75.9 Å². The van der Waals surface area contributed by atoms with Crippen LogP contribution < -0.4 is 73.9 Å². The summed E-state index contributed by atoms with van der Waals surface area (Å²) < 4.78 is 29.8. The van der Waals surface area contributed by atoms with Crippen molar-refractivity contribution >= 4 is 149 Å². The van der Waals surface area contributed by atoms with Crippen molar-refractivity contribution in [1.82, 2.24) is 68.4 Å². The number of allylic oxidation sites excluding steroid dienone is 3. The number of urea groups is 1. The summed E-state index contributed by atoms with van der Waals surface area (Å²) in [6.45, 7) is 11.1. The Morgan fingerprint density at radius 2 is 1.47 bits per heavy atom. The fourth-order valence-corrected chi connectivity index (χ4v) is 19.7. The number of H-pyrrole nitrogens is 1. The first kappa shape index (κ1) is 104. The molecule has 131 heavy (non-hydrogen) atoms. The molecular formula is C89H120ClN15O22S4. The van der Waals surface area contributed by atoms with Gasteiger partial charge < -0.3 is 118 Å². The van der Waals surface area contributed by atoms with E-state index in [9.17, 15) is 68.4 Å². The highest BCUT2D eigenvalue weighted by atomic mass is 35.5. The highest BCUT2D eigenvalue weighted by Crippen LogP contribution is 2.52. The van der Waals surface area contributed by atoms with Crippen molar-refractivity contribution < 1.29 is 106 Å². The molecule has 37 nitrogen and oxygen atoms in total. The van der Waals surface area contributed by atoms with Crippen LogP contribution >= 0.6 is 54.8 Å². The molecule has 1 aromatic heterocycles. The van der Waals surface area contributed by atoms with E-state index in [1.807, 2.05) is 13.0 Å². The van der Waals surface area contributed by atoms with Crippen molar-refractivity contribution in [2.45, 2.75) is 209 Å². The Hall–Kier alpha value is -10.3. The SMILES string of the molecule is CCNC(=O)N[C@H](Cc1ccccc1)C(=O)N[C@H]1CSSC[C@@H](C(=O)N[C@H](C(=O)NCCSSCCC(=O)N(C)[C@@H](C)C(=O)O[C@@]23O[C@H]2[C@H](C)[C@@H]2C[C@@](O)(NC(=O)O2)[C@H](OC)/C=C/C=C(\C)Cc2cc(OC)c(Cl)c(c2)N(C)C(=O)C[C@@H]3C)[C@@H](C)O)NC(=O)[C@H]([C@@H](C)O)NC(=O)[C@H](CCCCN)NC(=O)[C@@H](Cc2c[nH]c3ccccc23)NC(=O)[C@H](Cc2ccc(O)cc2)NC1=O. The summed E-state index contributed by atoms with van der Waals surface area (Å²) in [5.74, 6) is -13.1. The normalized spacial score (nSPS) is 25.6. The number of nitrogens with zero attached hydrogens (tertiary/aromatic N) is 2. The maximum atomic E-state index is 15.2. The van der Waals surface area contributed by atoms with Gasteiger partial charge in [-0.3, -0.25) is 53.3 Å². The van der Waals surface area contributed by atoms with E-state index in [1.54, 1.807) is 113 Å². The number of carbonyl (C=O) groups excluding carboxylic acids is 13. The quantitative estimate of drug-likeness (QED) is 0.0129. The van der Waals surface area contributed by atoms with Crippen LogP contribution in [0.15, 0.2) is 121 Å². The lowest BCUT2D eigenvalue weighted by Crippen LogP contribution is -2.63. The molecule has 4 bridgehead atoms. The van der Waals surface area contributed by atoms with Crippen LogP contribution in [0.4, 0.5) is 15.3 Å². The van der Waals surface area contributed by atoms with Gasteiger partial charge in [-0.15, -0.1) is 0 Å². The number of fused-ring (bicyclic) bond motifs is 6. The number of hydrogen-bond donors (Lipinski definition) is 17. The molecule has 5 aromatic rings. The number of unbranched alkanes of at least 4 members (excludes halogenated alkanes) is 1. The van der Waals surface area contributed by atoms with E-state index >= 15 is 14.4 Å². The molecule has 0 unspecified atom stereocenters. The van der Waals surface area contributed by atoms with E-state index in [0.29, 0.717) is 51.9 Å². The molecule has 5 heterocycles. The summed E-state index contributed by atoms with van der Waals surface area (Å²) in [5.41, 5.74) is 8.17. The number of carbonyl (C=O) groups is 13. The maximum Gasteiger partial charge on any atom is 0.409 e. The molecule has 0 saturated carbocycles. The summed E-state index contributed by atoms with van der Waals surface area (Å²) in [7, 11) is 10.1. The number of esters is 1. The van der Waals surface area contributed by atoms with Gasteiger partial charge in [0.25, 0.3) is 0 Å². The van der Waals surface area contributed by atoms with Gasteiger partial charge in [-0.25, -0.2) is 14.4 Å². The van der Waals surface area contributed by atoms with E-state index in [0.717, 1.165) is 32.7 Å². The number of aliphatic hydroxyl groups is 3. The Kier molecular flexibility index (Phi) is 39.4. The lowest BCUT2D eigenvalue weighted by Gasteiger charge is -2.42. The number of aromatic amines is 1. The van der Waals surface area contributed by atoms with E-state index in [-0.39, 0.29) is 99.0 Å². The topological polar surface area (TPSA) is 533 Å². The highest BCUT2D eigenvalue weighted by Gasteiger charge is 2.68. The van der Waals surface area contributed by atoms with Crippen molar-refractivity contribution in [3.05, 3.63) is 148 Å². The minimum atomic E-state index is -1.99. The lowest BCUT2D eigenvalue weighted by atomic mass is 9.84. The van der Waals surface area contributed by atoms with Crippen LogP contribution in [-0.2, 0) is 97.4 Å². The molecule has 9 rings (SSSR count). The number of nitrogens with one attached hydrogen (secondary N) is 12. The molecule has 4 aliphatic heterocycles. The van der Waals surface area contributed by atoms with Crippen LogP contribution in [0.5, 0.6) is 11.5 Å². The highest BCUT2D eigenvalue weighted by molar-refractivity contribution is 8.77. The van der Waals surface area contributed by atoms with Gasteiger partial charge in [0.15, 0.2) is 5.72 Å². The number of anilines is 1. The minimum absolute atomic E-state index is 0.0571. The molecule has 0 spiro atoms. The smallest absolute Gasteiger partial charge is 0.409 e. The van der Waals surface area contributed by atoms with Gasteiger partial charge in [0.1, 0.15) is 89.2 Å². The predicted molar refractivity (Wildman–Crippen MR) is 498 cm³/mol. The number of methoxy groups -OCH3 is 2. The number of likely N-dealkylation sites (N-methyl/N-ethyl adjacent to an activating group) is 1. The summed E-state index contributed by atoms with van der Waals surface area (Å²) >= 11 is 6.86. The van der Waals surface area contributed by atoms with Crippen molar-refractivity contribution in [2.24, 2.45) is 17.6 Å². The van der Waals surface area contributed by atoms with Gasteiger partial charge in [0, 0.05) is 125 Å². The van der Waals surface area contributed by atoms with Crippen molar-refractivity contribution in [3.63, 3.8) is 0 Å². The molecule has 0 radical (unpaired) electrons.